The minimum absolute atomic E-state index is 0.0777. The molecule has 0 radical (unpaired) electrons. The molecule has 1 amide bonds. The van der Waals surface area contributed by atoms with Gasteiger partial charge in [-0.25, -0.2) is 9.59 Å². The van der Waals surface area contributed by atoms with Gasteiger partial charge in [0.1, 0.15) is 5.75 Å². The van der Waals surface area contributed by atoms with E-state index in [1.165, 1.54) is 38.2 Å². The van der Waals surface area contributed by atoms with Crippen molar-refractivity contribution in [2.75, 3.05) is 32.1 Å². The van der Waals surface area contributed by atoms with E-state index in [0.29, 0.717) is 24.4 Å². The molecule has 1 heterocycles. The summed E-state index contributed by atoms with van der Waals surface area (Å²) in [4.78, 5) is 42.9. The van der Waals surface area contributed by atoms with Crippen LogP contribution in [0.2, 0.25) is 0 Å². The number of benzene rings is 1. The Labute approximate surface area is 167 Å². The maximum Gasteiger partial charge on any atom is 0.414 e. The van der Waals surface area contributed by atoms with Crippen molar-refractivity contribution in [2.45, 2.75) is 26.2 Å². The molecule has 0 saturated carbocycles. The number of methoxy groups -OCH3 is 1. The molecule has 2 rings (SSSR count). The third-order valence-electron chi connectivity index (χ3n) is 4.38. The smallest absolute Gasteiger partial charge is 0.414 e. The summed E-state index contributed by atoms with van der Waals surface area (Å²) in [6.07, 6.45) is 2.70. The number of likely N-dealkylation sites (tertiary alicyclic amines) is 1. The van der Waals surface area contributed by atoms with E-state index in [4.69, 9.17) is 24.5 Å². The first-order valence-corrected chi connectivity index (χ1v) is 8.94. The lowest BCUT2D eigenvalue weighted by Gasteiger charge is -2.29. The van der Waals surface area contributed by atoms with Crippen LogP contribution in [0.4, 0.5) is 11.4 Å². The van der Waals surface area contributed by atoms with Crippen LogP contribution in [0, 0.1) is 16.0 Å². The second kappa shape index (κ2) is 11.6. The van der Waals surface area contributed by atoms with Gasteiger partial charge in [0.2, 0.25) is 5.91 Å². The number of amides is 1. The second-order valence-electron chi connectivity index (χ2n) is 6.57. The zero-order valence-corrected chi connectivity index (χ0v) is 16.3. The average Bonchev–Trinajstić information content (AvgIpc) is 2.67. The van der Waals surface area contributed by atoms with Crippen molar-refractivity contribution in [1.29, 1.82) is 0 Å². The van der Waals surface area contributed by atoms with Gasteiger partial charge in [-0.3, -0.25) is 14.9 Å². The molecule has 0 spiro atoms. The number of anilines is 1. The number of rotatable bonds is 6. The highest BCUT2D eigenvalue weighted by Gasteiger charge is 2.17. The Morgan fingerprint density at radius 2 is 1.83 bits per heavy atom. The number of non-ortho nitro benzene ring substituents is 1. The van der Waals surface area contributed by atoms with E-state index in [1.807, 2.05) is 0 Å². The number of nitrogens with zero attached hydrogens (tertiary/aromatic N) is 2. The number of aliphatic carboxylic acids is 2. The van der Waals surface area contributed by atoms with Crippen molar-refractivity contribution in [3.05, 3.63) is 28.3 Å². The van der Waals surface area contributed by atoms with E-state index in [0.717, 1.165) is 19.0 Å². The first kappa shape index (κ1) is 23.8. The zero-order valence-electron chi connectivity index (χ0n) is 16.3. The molecule has 0 unspecified atom stereocenters. The summed E-state index contributed by atoms with van der Waals surface area (Å²) in [6, 6.07) is 4.16. The topological polar surface area (TPSA) is 159 Å². The number of nitro groups is 1. The molecule has 0 aliphatic carbocycles. The Bertz CT molecular complexity index is 733. The fourth-order valence-corrected chi connectivity index (χ4v) is 2.67. The van der Waals surface area contributed by atoms with Crippen LogP contribution >= 0.6 is 0 Å². The Morgan fingerprint density at radius 1 is 1.24 bits per heavy atom. The molecule has 1 fully saturated rings. The predicted octanol–water partition coefficient (Wildman–Crippen LogP) is 1.82. The molecule has 0 atom stereocenters. The number of piperidine rings is 1. The van der Waals surface area contributed by atoms with Gasteiger partial charge < -0.3 is 25.2 Å². The summed E-state index contributed by atoms with van der Waals surface area (Å²) in [6.45, 7) is 5.00. The number of carboxylic acid groups (broad SMARTS) is 2. The second-order valence-corrected chi connectivity index (χ2v) is 6.57. The highest BCUT2D eigenvalue weighted by atomic mass is 16.6. The predicted molar refractivity (Wildman–Crippen MR) is 103 cm³/mol. The standard InChI is InChI=1S/C16H23N3O4.C2H2O4/c1-12-5-8-18(9-6-12)10-7-16(20)17-14-11-13(19(21)22)3-4-15(14)23-2;3-1(4)2(5)6/h3-4,11-12H,5-10H2,1-2H3,(H,17,20);(H,3,4)(H,5,6). The Hall–Kier alpha value is -3.21. The van der Waals surface area contributed by atoms with Crippen molar-refractivity contribution in [1.82, 2.24) is 4.90 Å². The summed E-state index contributed by atoms with van der Waals surface area (Å²) >= 11 is 0. The summed E-state index contributed by atoms with van der Waals surface area (Å²) in [7, 11) is 1.46. The van der Waals surface area contributed by atoms with Crippen LogP contribution in [0.25, 0.3) is 0 Å². The van der Waals surface area contributed by atoms with E-state index in [9.17, 15) is 14.9 Å². The van der Waals surface area contributed by atoms with Crippen molar-refractivity contribution >= 4 is 29.2 Å². The van der Waals surface area contributed by atoms with Crippen LogP contribution in [-0.2, 0) is 14.4 Å². The van der Waals surface area contributed by atoms with Crippen molar-refractivity contribution in [3.63, 3.8) is 0 Å². The van der Waals surface area contributed by atoms with Crippen LogP contribution in [0.15, 0.2) is 18.2 Å². The summed E-state index contributed by atoms with van der Waals surface area (Å²) < 4.78 is 5.14. The maximum absolute atomic E-state index is 12.1. The highest BCUT2D eigenvalue weighted by Crippen LogP contribution is 2.29. The maximum atomic E-state index is 12.1. The van der Waals surface area contributed by atoms with Crippen LogP contribution < -0.4 is 10.1 Å². The summed E-state index contributed by atoms with van der Waals surface area (Å²) in [5.74, 6) is -2.64. The van der Waals surface area contributed by atoms with E-state index in [2.05, 4.69) is 17.1 Å². The molecular formula is C18H25N3O8. The van der Waals surface area contributed by atoms with Gasteiger partial charge in [-0.1, -0.05) is 6.92 Å². The molecule has 0 aromatic heterocycles. The van der Waals surface area contributed by atoms with Gasteiger partial charge in [0, 0.05) is 25.1 Å². The van der Waals surface area contributed by atoms with Gasteiger partial charge in [-0.2, -0.15) is 0 Å². The first-order valence-electron chi connectivity index (χ1n) is 8.94. The number of nitro benzene ring substituents is 1. The number of carbonyl (C=O) groups excluding carboxylic acids is 1. The average molecular weight is 411 g/mol. The number of hydrogen-bond acceptors (Lipinski definition) is 7. The number of ether oxygens (including phenoxy) is 1. The minimum atomic E-state index is -1.82. The minimum Gasteiger partial charge on any atom is -0.495 e. The third-order valence-corrected chi connectivity index (χ3v) is 4.38. The molecule has 1 aromatic carbocycles. The fourth-order valence-electron chi connectivity index (χ4n) is 2.67. The number of carbonyl (C=O) groups is 3. The van der Waals surface area contributed by atoms with Crippen molar-refractivity contribution < 1.29 is 34.3 Å². The summed E-state index contributed by atoms with van der Waals surface area (Å²) in [5.41, 5.74) is 0.255. The van der Waals surface area contributed by atoms with Crippen LogP contribution in [0.5, 0.6) is 5.75 Å². The molecule has 0 bridgehead atoms. The Balaban J connectivity index is 0.000000612. The summed E-state index contributed by atoms with van der Waals surface area (Å²) in [5, 5.41) is 28.3. The normalized spacial score (nSPS) is 14.3. The van der Waals surface area contributed by atoms with Crippen molar-refractivity contribution in [3.8, 4) is 5.75 Å². The van der Waals surface area contributed by atoms with Crippen LogP contribution in [0.3, 0.4) is 0 Å². The van der Waals surface area contributed by atoms with E-state index in [1.54, 1.807) is 0 Å². The molecule has 1 aliphatic heterocycles. The third kappa shape index (κ3) is 8.56. The Morgan fingerprint density at radius 3 is 2.31 bits per heavy atom. The fraction of sp³-hybridized carbons (Fsp3) is 0.500. The van der Waals surface area contributed by atoms with Gasteiger partial charge in [0.25, 0.3) is 5.69 Å². The van der Waals surface area contributed by atoms with Crippen LogP contribution in [0.1, 0.15) is 26.2 Å². The van der Waals surface area contributed by atoms with Gasteiger partial charge in [0.15, 0.2) is 0 Å². The molecule has 160 valence electrons. The lowest BCUT2D eigenvalue weighted by molar-refractivity contribution is -0.384. The van der Waals surface area contributed by atoms with E-state index in [-0.39, 0.29) is 11.6 Å². The van der Waals surface area contributed by atoms with Gasteiger partial charge in [-0.05, 0) is 37.9 Å². The molecule has 29 heavy (non-hydrogen) atoms. The van der Waals surface area contributed by atoms with Crippen LogP contribution in [-0.4, -0.2) is 64.6 Å². The Kier molecular flexibility index (Phi) is 9.52. The van der Waals surface area contributed by atoms with Gasteiger partial charge in [-0.15, -0.1) is 0 Å². The first-order chi connectivity index (χ1) is 13.6. The molecule has 11 nitrogen and oxygen atoms in total. The van der Waals surface area contributed by atoms with Gasteiger partial charge in [0.05, 0.1) is 17.7 Å². The molecular weight excluding hydrogens is 386 g/mol. The number of hydrogen-bond donors (Lipinski definition) is 3. The molecule has 1 saturated heterocycles. The quantitative estimate of drug-likeness (QED) is 0.360. The lowest BCUT2D eigenvalue weighted by atomic mass is 9.99. The zero-order chi connectivity index (χ0) is 22.0. The largest absolute Gasteiger partial charge is 0.495 e. The molecule has 3 N–H and O–H groups in total. The van der Waals surface area contributed by atoms with Crippen molar-refractivity contribution in [2.24, 2.45) is 5.92 Å². The van der Waals surface area contributed by atoms with E-state index < -0.39 is 16.9 Å². The SMILES string of the molecule is COc1ccc([N+](=O)[O-])cc1NC(=O)CCN1CCC(C)CC1.O=C(O)C(=O)O. The molecule has 1 aliphatic rings. The highest BCUT2D eigenvalue weighted by molar-refractivity contribution is 6.27. The number of carboxylic acids is 2. The molecule has 1 aromatic rings. The number of nitrogens with one attached hydrogen (secondary N) is 1. The van der Waals surface area contributed by atoms with E-state index >= 15 is 0 Å². The molecule has 11 heteroatoms. The monoisotopic (exact) mass is 411 g/mol. The lowest BCUT2D eigenvalue weighted by Crippen LogP contribution is -2.35. The van der Waals surface area contributed by atoms with Gasteiger partial charge >= 0.3 is 11.9 Å².